The Morgan fingerprint density at radius 3 is 3.00 bits per heavy atom. The molecule has 1 rings (SSSR count). The van der Waals surface area contributed by atoms with E-state index in [2.05, 4.69) is 17.0 Å². The molecule has 0 aliphatic carbocycles. The molecule has 1 heterocycles. The van der Waals surface area contributed by atoms with Gasteiger partial charge in [0.15, 0.2) is 0 Å². The lowest BCUT2D eigenvalue weighted by molar-refractivity contribution is 0.791. The average Bonchev–Trinajstić information content (AvgIpc) is 2.03. The third-order valence-corrected chi connectivity index (χ3v) is 1.23. The third kappa shape index (κ3) is 1.85. The summed E-state index contributed by atoms with van der Waals surface area (Å²) in [5.74, 6) is 0. The van der Waals surface area contributed by atoms with E-state index < -0.39 is 11.2 Å². The van der Waals surface area contributed by atoms with Crippen LogP contribution in [-0.2, 0) is 0 Å². The normalized spacial score (nSPS) is 9.33. The van der Waals surface area contributed by atoms with Gasteiger partial charge in [-0.1, -0.05) is 6.08 Å². The maximum atomic E-state index is 11.0. The summed E-state index contributed by atoms with van der Waals surface area (Å²) in [7, 11) is 0. The molecule has 2 N–H and O–H groups in total. The van der Waals surface area contributed by atoms with E-state index in [0.29, 0.717) is 6.54 Å². The molecule has 0 aliphatic rings. The van der Waals surface area contributed by atoms with Crippen molar-refractivity contribution in [3.05, 3.63) is 45.8 Å². The molecule has 12 heavy (non-hydrogen) atoms. The number of hydrogen-bond acceptors (Lipinski definition) is 3. The largest absolute Gasteiger partial charge is 0.346 e. The average molecular weight is 167 g/mol. The van der Waals surface area contributed by atoms with Crippen LogP contribution in [0.5, 0.6) is 0 Å². The van der Waals surface area contributed by atoms with Crippen molar-refractivity contribution in [2.45, 2.75) is 0 Å². The minimum absolute atomic E-state index is 0.406. The van der Waals surface area contributed by atoms with E-state index in [4.69, 9.17) is 0 Å². The molecular weight excluding hydrogens is 158 g/mol. The maximum absolute atomic E-state index is 11.0. The van der Waals surface area contributed by atoms with Crippen molar-refractivity contribution in [1.29, 1.82) is 0 Å². The molecule has 0 fully saturated rings. The van der Waals surface area contributed by atoms with E-state index in [1.807, 2.05) is 0 Å². The molecule has 1 aromatic heterocycles. The van der Waals surface area contributed by atoms with Crippen LogP contribution in [0, 0.1) is 0 Å². The Bertz CT molecular complexity index is 377. The molecule has 0 radical (unpaired) electrons. The van der Waals surface area contributed by atoms with E-state index in [-0.39, 0.29) is 0 Å². The molecule has 64 valence electrons. The number of rotatable bonds is 3. The first-order valence-electron chi connectivity index (χ1n) is 3.41. The molecule has 0 aromatic carbocycles. The van der Waals surface area contributed by atoms with E-state index in [9.17, 15) is 9.59 Å². The quantitative estimate of drug-likeness (QED) is 0.583. The summed E-state index contributed by atoms with van der Waals surface area (Å²) in [6.07, 6.45) is 2.97. The Kier molecular flexibility index (Phi) is 2.47. The van der Waals surface area contributed by atoms with Gasteiger partial charge in [0, 0.05) is 18.8 Å². The Morgan fingerprint density at radius 1 is 1.67 bits per heavy atom. The van der Waals surface area contributed by atoms with Crippen molar-refractivity contribution in [2.75, 3.05) is 12.0 Å². The first kappa shape index (κ1) is 8.32. The second-order valence-corrected chi connectivity index (χ2v) is 2.13. The predicted molar refractivity (Wildman–Crippen MR) is 45.7 cm³/mol. The van der Waals surface area contributed by atoms with Gasteiger partial charge in [-0.3, -0.25) is 9.78 Å². The monoisotopic (exact) mass is 167 g/mol. The second-order valence-electron chi connectivity index (χ2n) is 2.13. The smallest absolute Gasteiger partial charge is 0.318 e. The molecule has 0 saturated heterocycles. The number of aromatic amines is 1. The van der Waals surface area contributed by atoms with E-state index >= 15 is 0 Å². The van der Waals surface area contributed by atoms with Crippen LogP contribution in [0.4, 0.5) is 0 Å². The zero-order valence-corrected chi connectivity index (χ0v) is 6.41. The number of hydrogen-bond donors (Lipinski definition) is 2. The van der Waals surface area contributed by atoms with Crippen LogP contribution >= 0.6 is 0 Å². The van der Waals surface area contributed by atoms with Gasteiger partial charge in [-0.2, -0.15) is 0 Å². The highest BCUT2D eigenvalue weighted by Gasteiger charge is 1.91. The zero-order chi connectivity index (χ0) is 8.97. The number of aromatic nitrogens is 2. The number of nitrogens with one attached hydrogen (secondary N) is 2. The van der Waals surface area contributed by atoms with E-state index in [1.54, 1.807) is 6.08 Å². The van der Waals surface area contributed by atoms with Crippen LogP contribution in [0.2, 0.25) is 0 Å². The fourth-order valence-corrected chi connectivity index (χ4v) is 0.705. The molecule has 0 atom stereocenters. The summed E-state index contributed by atoms with van der Waals surface area (Å²) in [5, 5.41) is 0. The third-order valence-electron chi connectivity index (χ3n) is 1.23. The van der Waals surface area contributed by atoms with Gasteiger partial charge in [-0.05, 0) is 0 Å². The van der Waals surface area contributed by atoms with Crippen LogP contribution in [-0.4, -0.2) is 16.2 Å². The topological polar surface area (TPSA) is 66.9 Å². The van der Waals surface area contributed by atoms with Gasteiger partial charge in [-0.15, -0.1) is 6.58 Å². The highest BCUT2D eigenvalue weighted by molar-refractivity contribution is 4.88. The van der Waals surface area contributed by atoms with Crippen molar-refractivity contribution in [3.63, 3.8) is 0 Å². The van der Waals surface area contributed by atoms with Crippen LogP contribution in [0.1, 0.15) is 0 Å². The molecule has 0 saturated carbocycles. The van der Waals surface area contributed by atoms with Crippen molar-refractivity contribution < 1.29 is 0 Å². The summed E-state index contributed by atoms with van der Waals surface area (Å²) >= 11 is 0. The van der Waals surface area contributed by atoms with E-state index in [0.717, 1.165) is 0 Å². The fourth-order valence-electron chi connectivity index (χ4n) is 0.705. The molecule has 0 spiro atoms. The van der Waals surface area contributed by atoms with E-state index in [1.165, 1.54) is 16.9 Å². The first-order chi connectivity index (χ1) is 5.74. The summed E-state index contributed by atoms with van der Waals surface area (Å²) in [5.41, 5.74) is 1.82. The van der Waals surface area contributed by atoms with Gasteiger partial charge >= 0.3 is 5.69 Å². The Morgan fingerprint density at radius 2 is 2.42 bits per heavy atom. The van der Waals surface area contributed by atoms with Crippen molar-refractivity contribution in [2.24, 2.45) is 0 Å². The molecule has 0 amide bonds. The molecule has 0 unspecified atom stereocenters. The summed E-state index contributed by atoms with van der Waals surface area (Å²) in [4.78, 5) is 23.7. The molecule has 1 aromatic rings. The fraction of sp³-hybridized carbons (Fsp3) is 0.143. The van der Waals surface area contributed by atoms with Crippen LogP contribution in [0.3, 0.4) is 0 Å². The van der Waals surface area contributed by atoms with Gasteiger partial charge in [0.1, 0.15) is 0 Å². The van der Waals surface area contributed by atoms with Gasteiger partial charge in [0.2, 0.25) is 0 Å². The first-order valence-corrected chi connectivity index (χ1v) is 3.41. The van der Waals surface area contributed by atoms with Gasteiger partial charge in [0.05, 0.1) is 0 Å². The Labute approximate surface area is 68.3 Å². The van der Waals surface area contributed by atoms with Crippen molar-refractivity contribution in [1.82, 2.24) is 9.66 Å². The van der Waals surface area contributed by atoms with Gasteiger partial charge < -0.3 is 5.43 Å². The number of H-pyrrole nitrogens is 1. The Hall–Kier alpha value is -1.78. The van der Waals surface area contributed by atoms with Crippen LogP contribution in [0.25, 0.3) is 0 Å². The summed E-state index contributed by atoms with van der Waals surface area (Å²) in [6.45, 7) is 3.94. The number of nitrogens with zero attached hydrogens (tertiary/aromatic N) is 1. The van der Waals surface area contributed by atoms with Crippen LogP contribution < -0.4 is 16.7 Å². The summed E-state index contributed by atoms with van der Waals surface area (Å²) < 4.78 is 1.18. The lowest BCUT2D eigenvalue weighted by Crippen LogP contribution is -2.34. The standard InChI is InChI=1S/C7H9N3O2/c1-2-4-8-10-5-3-6(11)9-7(10)12/h2-3,5,8H,1,4H2,(H,9,11,12). The highest BCUT2D eigenvalue weighted by atomic mass is 16.2. The lowest BCUT2D eigenvalue weighted by Gasteiger charge is -2.03. The predicted octanol–water partition coefficient (Wildman–Crippen LogP) is -0.734. The Balaban J connectivity index is 2.94. The zero-order valence-electron chi connectivity index (χ0n) is 6.41. The minimum Gasteiger partial charge on any atom is -0.318 e. The molecule has 5 nitrogen and oxygen atoms in total. The molecular formula is C7H9N3O2. The van der Waals surface area contributed by atoms with Crippen LogP contribution in [0.15, 0.2) is 34.5 Å². The van der Waals surface area contributed by atoms with Gasteiger partial charge in [-0.25, -0.2) is 9.47 Å². The molecule has 0 aliphatic heterocycles. The molecule has 0 bridgehead atoms. The SMILES string of the molecule is C=CCNn1ccc(=O)[nH]c1=O. The van der Waals surface area contributed by atoms with Crippen molar-refractivity contribution in [3.8, 4) is 0 Å². The molecule has 5 heteroatoms. The second kappa shape index (κ2) is 3.56. The van der Waals surface area contributed by atoms with Crippen molar-refractivity contribution >= 4 is 0 Å². The maximum Gasteiger partial charge on any atom is 0.346 e. The summed E-state index contributed by atoms with van der Waals surface area (Å²) in [6, 6.07) is 1.26. The highest BCUT2D eigenvalue weighted by Crippen LogP contribution is 1.68. The minimum atomic E-state index is -0.482. The van der Waals surface area contributed by atoms with Gasteiger partial charge in [0.25, 0.3) is 5.56 Å². The lowest BCUT2D eigenvalue weighted by atomic mass is 10.6.